The van der Waals surface area contributed by atoms with Gasteiger partial charge in [-0.25, -0.2) is 0 Å². The zero-order valence-corrected chi connectivity index (χ0v) is 13.7. The first-order chi connectivity index (χ1) is 10.2. The average Bonchev–Trinajstić information content (AvgIpc) is 2.94. The maximum absolute atomic E-state index is 5.45. The Morgan fingerprint density at radius 3 is 2.67 bits per heavy atom. The normalized spacial score (nSPS) is 10.9. The van der Waals surface area contributed by atoms with E-state index in [0.29, 0.717) is 17.5 Å². The SMILES string of the molecule is COc1cccc(-c2nnc(CCNC(C)C)s2)c1OC. The van der Waals surface area contributed by atoms with E-state index in [9.17, 15) is 0 Å². The molecule has 0 bridgehead atoms. The van der Waals surface area contributed by atoms with Crippen molar-refractivity contribution in [2.75, 3.05) is 20.8 Å². The van der Waals surface area contributed by atoms with E-state index in [1.165, 1.54) is 0 Å². The molecule has 114 valence electrons. The van der Waals surface area contributed by atoms with Gasteiger partial charge in [0.15, 0.2) is 16.5 Å². The number of aromatic nitrogens is 2. The fourth-order valence-corrected chi connectivity index (χ4v) is 2.85. The van der Waals surface area contributed by atoms with E-state index in [2.05, 4.69) is 29.4 Å². The van der Waals surface area contributed by atoms with Gasteiger partial charge in [-0.1, -0.05) is 31.3 Å². The Morgan fingerprint density at radius 2 is 2.00 bits per heavy atom. The summed E-state index contributed by atoms with van der Waals surface area (Å²) in [6, 6.07) is 6.25. The van der Waals surface area contributed by atoms with Crippen molar-refractivity contribution in [1.82, 2.24) is 15.5 Å². The molecule has 0 radical (unpaired) electrons. The minimum absolute atomic E-state index is 0.482. The highest BCUT2D eigenvalue weighted by Gasteiger charge is 2.15. The third-order valence-electron chi connectivity index (χ3n) is 2.99. The molecule has 1 N–H and O–H groups in total. The van der Waals surface area contributed by atoms with Crippen molar-refractivity contribution in [3.05, 3.63) is 23.2 Å². The third-order valence-corrected chi connectivity index (χ3v) is 4.01. The maximum Gasteiger partial charge on any atom is 0.171 e. The predicted octanol–water partition coefficient (Wildman–Crippen LogP) is 2.76. The third kappa shape index (κ3) is 3.92. The molecule has 0 atom stereocenters. The van der Waals surface area contributed by atoms with Crippen LogP contribution in [0, 0.1) is 0 Å². The summed E-state index contributed by atoms with van der Waals surface area (Å²) >= 11 is 1.59. The van der Waals surface area contributed by atoms with Crippen molar-refractivity contribution in [3.63, 3.8) is 0 Å². The van der Waals surface area contributed by atoms with Gasteiger partial charge in [0.25, 0.3) is 0 Å². The lowest BCUT2D eigenvalue weighted by Crippen LogP contribution is -2.24. The van der Waals surface area contributed by atoms with Crippen LogP contribution in [-0.4, -0.2) is 37.0 Å². The molecular weight excluding hydrogens is 286 g/mol. The van der Waals surface area contributed by atoms with Crippen molar-refractivity contribution in [1.29, 1.82) is 0 Å². The van der Waals surface area contributed by atoms with E-state index < -0.39 is 0 Å². The summed E-state index contributed by atoms with van der Waals surface area (Å²) in [6.07, 6.45) is 0.877. The lowest BCUT2D eigenvalue weighted by atomic mass is 10.2. The summed E-state index contributed by atoms with van der Waals surface area (Å²) in [7, 11) is 3.26. The topological polar surface area (TPSA) is 56.3 Å². The Balaban J connectivity index is 2.17. The zero-order valence-electron chi connectivity index (χ0n) is 12.8. The number of hydrogen-bond acceptors (Lipinski definition) is 6. The monoisotopic (exact) mass is 307 g/mol. The highest BCUT2D eigenvalue weighted by atomic mass is 32.1. The van der Waals surface area contributed by atoms with Gasteiger partial charge >= 0.3 is 0 Å². The highest BCUT2D eigenvalue weighted by molar-refractivity contribution is 7.14. The van der Waals surface area contributed by atoms with Crippen LogP contribution in [0.2, 0.25) is 0 Å². The number of nitrogens with one attached hydrogen (secondary N) is 1. The number of hydrogen-bond donors (Lipinski definition) is 1. The van der Waals surface area contributed by atoms with Gasteiger partial charge < -0.3 is 14.8 Å². The molecule has 0 saturated heterocycles. The van der Waals surface area contributed by atoms with Crippen LogP contribution >= 0.6 is 11.3 Å². The first-order valence-corrected chi connectivity index (χ1v) is 7.74. The van der Waals surface area contributed by atoms with E-state index in [4.69, 9.17) is 9.47 Å². The van der Waals surface area contributed by atoms with Crippen molar-refractivity contribution in [2.45, 2.75) is 26.3 Å². The highest BCUT2D eigenvalue weighted by Crippen LogP contribution is 2.38. The van der Waals surface area contributed by atoms with Crippen LogP contribution in [0.4, 0.5) is 0 Å². The van der Waals surface area contributed by atoms with Crippen molar-refractivity contribution in [2.24, 2.45) is 0 Å². The number of para-hydroxylation sites is 1. The van der Waals surface area contributed by atoms with Gasteiger partial charge in [0.05, 0.1) is 19.8 Å². The molecule has 21 heavy (non-hydrogen) atoms. The van der Waals surface area contributed by atoms with Crippen molar-refractivity contribution in [3.8, 4) is 22.1 Å². The summed E-state index contributed by atoms with van der Waals surface area (Å²) in [6.45, 7) is 5.17. The summed E-state index contributed by atoms with van der Waals surface area (Å²) in [4.78, 5) is 0. The smallest absolute Gasteiger partial charge is 0.171 e. The molecule has 0 spiro atoms. The Morgan fingerprint density at radius 1 is 1.19 bits per heavy atom. The maximum atomic E-state index is 5.45. The number of rotatable bonds is 7. The lowest BCUT2D eigenvalue weighted by Gasteiger charge is -2.10. The number of nitrogens with zero attached hydrogens (tertiary/aromatic N) is 2. The molecule has 0 unspecified atom stereocenters. The minimum Gasteiger partial charge on any atom is -0.493 e. The van der Waals surface area contributed by atoms with E-state index in [1.807, 2.05) is 18.2 Å². The predicted molar refractivity (Wildman–Crippen MR) is 85.3 cm³/mol. The van der Waals surface area contributed by atoms with Gasteiger partial charge in [0.2, 0.25) is 0 Å². The van der Waals surface area contributed by atoms with Crippen LogP contribution in [0.1, 0.15) is 18.9 Å². The van der Waals surface area contributed by atoms with Gasteiger partial charge in [-0.05, 0) is 12.1 Å². The van der Waals surface area contributed by atoms with Crippen molar-refractivity contribution < 1.29 is 9.47 Å². The standard InChI is InChI=1S/C15H21N3O2S/c1-10(2)16-9-8-13-17-18-15(21-13)11-6-5-7-12(19-3)14(11)20-4/h5-7,10,16H,8-9H2,1-4H3. The Kier molecular flexibility index (Phi) is 5.52. The van der Waals surface area contributed by atoms with Crippen LogP contribution in [0.5, 0.6) is 11.5 Å². The molecule has 1 aromatic carbocycles. The first kappa shape index (κ1) is 15.7. The van der Waals surface area contributed by atoms with Gasteiger partial charge in [0, 0.05) is 19.0 Å². The number of benzene rings is 1. The van der Waals surface area contributed by atoms with E-state index in [0.717, 1.165) is 28.5 Å². The van der Waals surface area contributed by atoms with Crippen LogP contribution in [0.15, 0.2) is 18.2 Å². The van der Waals surface area contributed by atoms with Crippen molar-refractivity contribution >= 4 is 11.3 Å². The second kappa shape index (κ2) is 7.38. The molecule has 2 aromatic rings. The van der Waals surface area contributed by atoms with E-state index >= 15 is 0 Å². The fraction of sp³-hybridized carbons (Fsp3) is 0.467. The van der Waals surface area contributed by atoms with Gasteiger partial charge in [0.1, 0.15) is 5.01 Å². The summed E-state index contributed by atoms with van der Waals surface area (Å²) < 4.78 is 10.8. The minimum atomic E-state index is 0.482. The first-order valence-electron chi connectivity index (χ1n) is 6.92. The van der Waals surface area contributed by atoms with Gasteiger partial charge in [-0.15, -0.1) is 10.2 Å². The molecular formula is C15H21N3O2S. The van der Waals surface area contributed by atoms with Gasteiger partial charge in [-0.3, -0.25) is 0 Å². The fourth-order valence-electron chi connectivity index (χ4n) is 1.99. The molecule has 2 rings (SSSR count). The second-order valence-electron chi connectivity index (χ2n) is 4.90. The van der Waals surface area contributed by atoms with Gasteiger partial charge in [-0.2, -0.15) is 0 Å². The molecule has 0 aliphatic heterocycles. The zero-order chi connectivity index (χ0) is 15.2. The molecule has 0 aliphatic carbocycles. The lowest BCUT2D eigenvalue weighted by molar-refractivity contribution is 0.356. The second-order valence-corrected chi connectivity index (χ2v) is 5.96. The van der Waals surface area contributed by atoms with Crippen LogP contribution < -0.4 is 14.8 Å². The van der Waals surface area contributed by atoms with E-state index in [1.54, 1.807) is 25.6 Å². The van der Waals surface area contributed by atoms with E-state index in [-0.39, 0.29) is 0 Å². The molecule has 6 heteroatoms. The Labute approximate surface area is 129 Å². The quantitative estimate of drug-likeness (QED) is 0.852. The molecule has 0 saturated carbocycles. The Hall–Kier alpha value is -1.66. The molecule has 5 nitrogen and oxygen atoms in total. The van der Waals surface area contributed by atoms with Crippen LogP contribution in [0.3, 0.4) is 0 Å². The molecule has 0 amide bonds. The summed E-state index contributed by atoms with van der Waals surface area (Å²) in [5.41, 5.74) is 0.914. The molecule has 1 aromatic heterocycles. The average molecular weight is 307 g/mol. The van der Waals surface area contributed by atoms with Crippen LogP contribution in [-0.2, 0) is 6.42 Å². The molecule has 0 fully saturated rings. The summed E-state index contributed by atoms with van der Waals surface area (Å²) in [5, 5.41) is 13.8. The Bertz CT molecular complexity index is 584. The number of ether oxygens (including phenoxy) is 2. The summed E-state index contributed by atoms with van der Waals surface area (Å²) in [5.74, 6) is 1.40. The molecule has 0 aliphatic rings. The largest absolute Gasteiger partial charge is 0.493 e. The number of methoxy groups -OCH3 is 2. The molecule has 1 heterocycles. The van der Waals surface area contributed by atoms with Crippen LogP contribution in [0.25, 0.3) is 10.6 Å².